The summed E-state index contributed by atoms with van der Waals surface area (Å²) in [7, 11) is 0. The average molecular weight is 435 g/mol. The molecule has 9 heteroatoms. The number of rotatable bonds is 6. The number of carbonyl (C=O) groups excluding carboxylic acids is 1. The fourth-order valence-corrected chi connectivity index (χ4v) is 3.87. The van der Waals surface area contributed by atoms with Crippen molar-refractivity contribution in [2.75, 3.05) is 19.7 Å². The van der Waals surface area contributed by atoms with E-state index in [4.69, 9.17) is 9.26 Å². The maximum Gasteiger partial charge on any atom is 0.257 e. The molecule has 2 aromatic carbocycles. The van der Waals surface area contributed by atoms with E-state index < -0.39 is 6.10 Å². The summed E-state index contributed by atoms with van der Waals surface area (Å²) < 4.78 is 26.8. The van der Waals surface area contributed by atoms with E-state index >= 15 is 0 Å². The van der Waals surface area contributed by atoms with Crippen LogP contribution in [0.4, 0.5) is 4.39 Å². The normalized spacial score (nSPS) is 16.5. The van der Waals surface area contributed by atoms with Gasteiger partial charge in [-0.05, 0) is 17.7 Å². The highest BCUT2D eigenvalue weighted by Gasteiger charge is 2.29. The highest BCUT2D eigenvalue weighted by Crippen LogP contribution is 2.22. The second-order valence-electron chi connectivity index (χ2n) is 7.69. The molecule has 0 N–H and O–H groups in total. The van der Waals surface area contributed by atoms with Crippen molar-refractivity contribution in [2.45, 2.75) is 25.5 Å². The average Bonchev–Trinajstić information content (AvgIpc) is 3.46. The number of aryl methyl sites for hydroxylation is 1. The second-order valence-corrected chi connectivity index (χ2v) is 7.69. The van der Waals surface area contributed by atoms with Crippen LogP contribution in [0.2, 0.25) is 0 Å². The maximum absolute atomic E-state index is 13.9. The van der Waals surface area contributed by atoms with Crippen molar-refractivity contribution in [1.29, 1.82) is 0 Å². The van der Waals surface area contributed by atoms with Crippen LogP contribution in [-0.4, -0.2) is 50.4 Å². The summed E-state index contributed by atoms with van der Waals surface area (Å²) in [6.45, 7) is 1.72. The van der Waals surface area contributed by atoms with Gasteiger partial charge in [0.25, 0.3) is 5.89 Å². The molecule has 5 rings (SSSR count). The molecular formula is C23H22FN5O3. The lowest BCUT2D eigenvalue weighted by Crippen LogP contribution is -2.42. The van der Waals surface area contributed by atoms with Gasteiger partial charge in [0, 0.05) is 24.8 Å². The third-order valence-corrected chi connectivity index (χ3v) is 5.57. The van der Waals surface area contributed by atoms with Gasteiger partial charge in [-0.15, -0.1) is 0 Å². The zero-order valence-corrected chi connectivity index (χ0v) is 17.4. The zero-order chi connectivity index (χ0) is 21.9. The van der Waals surface area contributed by atoms with Crippen LogP contribution in [0.1, 0.15) is 29.8 Å². The molecular weight excluding hydrogens is 413 g/mol. The minimum Gasteiger partial charge on any atom is -0.365 e. The molecule has 2 aromatic heterocycles. The van der Waals surface area contributed by atoms with E-state index in [1.165, 1.54) is 6.07 Å². The molecule has 1 amide bonds. The molecule has 3 heterocycles. The van der Waals surface area contributed by atoms with Crippen LogP contribution < -0.4 is 0 Å². The van der Waals surface area contributed by atoms with Gasteiger partial charge < -0.3 is 14.2 Å². The van der Waals surface area contributed by atoms with Crippen LogP contribution in [0.15, 0.2) is 59.3 Å². The van der Waals surface area contributed by atoms with Crippen LogP contribution >= 0.6 is 0 Å². The standard InChI is InChI=1S/C23H22FN5O3/c24-18-7-3-1-5-16(18)13-21-26-23(32-27-21)20-15-28(11-12-31-20)22(30)9-10-29-19-8-4-2-6-17(19)14-25-29/h1-8,14,20H,9-13,15H2. The predicted molar refractivity (Wildman–Crippen MR) is 113 cm³/mol. The van der Waals surface area contributed by atoms with E-state index in [-0.39, 0.29) is 18.1 Å². The number of morpholine rings is 1. The molecule has 1 unspecified atom stereocenters. The van der Waals surface area contributed by atoms with Crippen LogP contribution in [0.3, 0.4) is 0 Å². The molecule has 1 aliphatic rings. The molecule has 1 atom stereocenters. The first kappa shape index (κ1) is 20.3. The SMILES string of the molecule is O=C(CCn1ncc2ccccc21)N1CCOC(c2nc(Cc3ccccc3F)no2)C1. The van der Waals surface area contributed by atoms with Gasteiger partial charge >= 0.3 is 0 Å². The number of ether oxygens (including phenoxy) is 1. The number of aromatic nitrogens is 4. The third kappa shape index (κ3) is 4.24. The number of carbonyl (C=O) groups is 1. The van der Waals surface area contributed by atoms with E-state index in [9.17, 15) is 9.18 Å². The lowest BCUT2D eigenvalue weighted by Gasteiger charge is -2.31. The molecule has 1 saturated heterocycles. The molecule has 0 aliphatic carbocycles. The molecule has 164 valence electrons. The van der Waals surface area contributed by atoms with Crippen molar-refractivity contribution in [3.63, 3.8) is 0 Å². The highest BCUT2D eigenvalue weighted by atomic mass is 19.1. The molecule has 32 heavy (non-hydrogen) atoms. The van der Waals surface area contributed by atoms with Gasteiger partial charge in [-0.3, -0.25) is 9.48 Å². The zero-order valence-electron chi connectivity index (χ0n) is 17.4. The van der Waals surface area contributed by atoms with Crippen molar-refractivity contribution in [3.8, 4) is 0 Å². The molecule has 4 aromatic rings. The summed E-state index contributed by atoms with van der Waals surface area (Å²) in [4.78, 5) is 18.9. The minimum atomic E-state index is -0.500. The van der Waals surface area contributed by atoms with Gasteiger partial charge in [0.15, 0.2) is 11.9 Å². The van der Waals surface area contributed by atoms with Gasteiger partial charge in [0.2, 0.25) is 5.91 Å². The van der Waals surface area contributed by atoms with Crippen molar-refractivity contribution >= 4 is 16.8 Å². The Balaban J connectivity index is 1.20. The van der Waals surface area contributed by atoms with Crippen molar-refractivity contribution in [2.24, 2.45) is 0 Å². The van der Waals surface area contributed by atoms with Gasteiger partial charge in [0.1, 0.15) is 5.82 Å². The van der Waals surface area contributed by atoms with Crippen LogP contribution in [-0.2, 0) is 22.5 Å². The smallest absolute Gasteiger partial charge is 0.257 e. The number of hydrogen-bond acceptors (Lipinski definition) is 6. The second kappa shape index (κ2) is 8.88. The Hall–Kier alpha value is -3.59. The molecule has 0 spiro atoms. The molecule has 0 saturated carbocycles. The predicted octanol–water partition coefficient (Wildman–Crippen LogP) is 3.14. The molecule has 0 bridgehead atoms. The lowest BCUT2D eigenvalue weighted by molar-refractivity contribution is -0.140. The summed E-state index contributed by atoms with van der Waals surface area (Å²) in [6, 6.07) is 14.4. The van der Waals surface area contributed by atoms with E-state index in [1.807, 2.05) is 28.9 Å². The Morgan fingerprint density at radius 2 is 2.00 bits per heavy atom. The number of benzene rings is 2. The molecule has 1 fully saturated rings. The number of hydrogen-bond donors (Lipinski definition) is 0. The molecule has 0 radical (unpaired) electrons. The van der Waals surface area contributed by atoms with Crippen molar-refractivity contribution < 1.29 is 18.4 Å². The van der Waals surface area contributed by atoms with Gasteiger partial charge in [-0.25, -0.2) is 4.39 Å². The van der Waals surface area contributed by atoms with Crippen molar-refractivity contribution in [3.05, 3.63) is 77.8 Å². The summed E-state index contributed by atoms with van der Waals surface area (Å²) in [5.74, 6) is 0.382. The fourth-order valence-electron chi connectivity index (χ4n) is 3.87. The Kier molecular flexibility index (Phi) is 5.64. The van der Waals surface area contributed by atoms with Crippen LogP contribution in [0.5, 0.6) is 0 Å². The Morgan fingerprint density at radius 1 is 1.16 bits per heavy atom. The lowest BCUT2D eigenvalue weighted by atomic mass is 10.1. The van der Waals surface area contributed by atoms with Crippen LogP contribution in [0, 0.1) is 5.82 Å². The van der Waals surface area contributed by atoms with Crippen LogP contribution in [0.25, 0.3) is 10.9 Å². The van der Waals surface area contributed by atoms with E-state index in [2.05, 4.69) is 15.2 Å². The summed E-state index contributed by atoms with van der Waals surface area (Å²) >= 11 is 0. The van der Waals surface area contributed by atoms with Crippen molar-refractivity contribution in [1.82, 2.24) is 24.8 Å². The number of amides is 1. The molecule has 1 aliphatic heterocycles. The van der Waals surface area contributed by atoms with Gasteiger partial charge in [-0.2, -0.15) is 10.1 Å². The third-order valence-electron chi connectivity index (χ3n) is 5.57. The highest BCUT2D eigenvalue weighted by molar-refractivity contribution is 5.79. The first-order chi connectivity index (χ1) is 15.7. The Morgan fingerprint density at radius 3 is 2.91 bits per heavy atom. The fraction of sp³-hybridized carbons (Fsp3) is 0.304. The largest absolute Gasteiger partial charge is 0.365 e. The van der Waals surface area contributed by atoms with E-state index in [0.29, 0.717) is 49.9 Å². The quantitative estimate of drug-likeness (QED) is 0.463. The summed E-state index contributed by atoms with van der Waals surface area (Å²) in [5, 5.41) is 9.38. The minimum absolute atomic E-state index is 0.0176. The molecule has 8 nitrogen and oxygen atoms in total. The number of fused-ring (bicyclic) bond motifs is 1. The first-order valence-electron chi connectivity index (χ1n) is 10.5. The number of para-hydroxylation sites is 1. The van der Waals surface area contributed by atoms with E-state index in [0.717, 1.165) is 10.9 Å². The Labute approximate surface area is 183 Å². The first-order valence-corrected chi connectivity index (χ1v) is 10.5. The Bertz CT molecular complexity index is 1240. The van der Waals surface area contributed by atoms with Gasteiger partial charge in [0.05, 0.1) is 31.4 Å². The van der Waals surface area contributed by atoms with Gasteiger partial charge in [-0.1, -0.05) is 41.6 Å². The number of nitrogens with zero attached hydrogens (tertiary/aromatic N) is 5. The monoisotopic (exact) mass is 435 g/mol. The summed E-state index contributed by atoms with van der Waals surface area (Å²) in [6.07, 6.45) is 1.86. The maximum atomic E-state index is 13.9. The topological polar surface area (TPSA) is 86.3 Å². The van der Waals surface area contributed by atoms with E-state index in [1.54, 1.807) is 29.3 Å². The summed E-state index contributed by atoms with van der Waals surface area (Å²) in [5.41, 5.74) is 1.50. The number of halogens is 1.